The second kappa shape index (κ2) is 15.2. The van der Waals surface area contributed by atoms with E-state index in [0.717, 1.165) is 0 Å². The Hall–Kier alpha value is -6.14. The molecule has 0 spiro atoms. The van der Waals surface area contributed by atoms with Gasteiger partial charge in [0.25, 0.3) is 11.8 Å². The van der Waals surface area contributed by atoms with Crippen molar-refractivity contribution in [3.05, 3.63) is 95.1 Å². The number of nitriles is 2. The first-order valence-corrected chi connectivity index (χ1v) is 13.3. The molecule has 44 heavy (non-hydrogen) atoms. The highest BCUT2D eigenvalue weighted by atomic mass is 16.5. The fourth-order valence-electron chi connectivity index (χ4n) is 3.84. The van der Waals surface area contributed by atoms with Crippen LogP contribution >= 0.6 is 0 Å². The molecule has 0 fully saturated rings. The number of rotatable bonds is 12. The zero-order chi connectivity index (χ0) is 32.2. The number of benzene rings is 3. The predicted octanol–water partition coefficient (Wildman–Crippen LogP) is 3.96. The Bertz CT molecular complexity index is 1530. The third-order valence-corrected chi connectivity index (χ3v) is 6.09. The third-order valence-electron chi connectivity index (χ3n) is 6.09. The molecule has 3 aromatic rings. The largest absolute Gasteiger partial charge is 0.465 e. The topological polar surface area (TPSA) is 193 Å². The van der Waals surface area contributed by atoms with E-state index in [-0.39, 0.29) is 35.5 Å². The van der Waals surface area contributed by atoms with E-state index in [4.69, 9.17) is 9.47 Å². The molecule has 3 aromatic carbocycles. The zero-order valence-electron chi connectivity index (χ0n) is 23.7. The molecule has 12 nitrogen and oxygen atoms in total. The number of carbonyl (C=O) groups is 6. The number of carbonyl (C=O) groups excluding carboxylic acids is 6. The first kappa shape index (κ1) is 32.4. The molecule has 0 saturated heterocycles. The van der Waals surface area contributed by atoms with Crippen LogP contribution in [0.25, 0.3) is 0 Å². The number of Topliss-reactive ketones (excluding diaryl/α,β-unsaturated/α-hetero) is 2. The van der Waals surface area contributed by atoms with Gasteiger partial charge >= 0.3 is 11.9 Å². The number of nitrogens with zero attached hydrogens (tertiary/aromatic N) is 2. The van der Waals surface area contributed by atoms with Crippen LogP contribution in [0, 0.1) is 34.5 Å². The molecule has 0 radical (unpaired) electrons. The Morgan fingerprint density at radius 3 is 1.14 bits per heavy atom. The van der Waals surface area contributed by atoms with Gasteiger partial charge in [0, 0.05) is 33.6 Å². The van der Waals surface area contributed by atoms with Crippen molar-refractivity contribution in [2.75, 3.05) is 23.8 Å². The Kier molecular flexibility index (Phi) is 11.2. The van der Waals surface area contributed by atoms with E-state index in [1.54, 1.807) is 26.0 Å². The molecule has 2 amide bonds. The van der Waals surface area contributed by atoms with Crippen molar-refractivity contribution in [2.45, 2.75) is 13.8 Å². The smallest absolute Gasteiger partial charge is 0.331 e. The predicted molar refractivity (Wildman–Crippen MR) is 155 cm³/mol. The molecule has 12 heteroatoms. The lowest BCUT2D eigenvalue weighted by Gasteiger charge is -2.10. The van der Waals surface area contributed by atoms with Crippen LogP contribution in [0.2, 0.25) is 0 Å². The zero-order valence-corrected chi connectivity index (χ0v) is 23.7. The average molecular weight is 595 g/mol. The summed E-state index contributed by atoms with van der Waals surface area (Å²) in [5.74, 6) is -7.45. The van der Waals surface area contributed by atoms with Gasteiger partial charge < -0.3 is 20.1 Å². The van der Waals surface area contributed by atoms with Gasteiger partial charge in [-0.25, -0.2) is 0 Å². The summed E-state index contributed by atoms with van der Waals surface area (Å²) >= 11 is 0. The normalized spacial score (nSPS) is 11.5. The van der Waals surface area contributed by atoms with Gasteiger partial charge in [0.2, 0.25) is 11.8 Å². The molecular weight excluding hydrogens is 568 g/mol. The van der Waals surface area contributed by atoms with Crippen LogP contribution in [-0.2, 0) is 19.1 Å². The van der Waals surface area contributed by atoms with Gasteiger partial charge in [-0.3, -0.25) is 28.8 Å². The first-order valence-electron chi connectivity index (χ1n) is 13.3. The van der Waals surface area contributed by atoms with Crippen LogP contribution in [-0.4, -0.2) is 48.5 Å². The number of ether oxygens (including phenoxy) is 2. The van der Waals surface area contributed by atoms with E-state index in [0.29, 0.717) is 11.4 Å². The lowest BCUT2D eigenvalue weighted by Crippen LogP contribution is -2.25. The second-order valence-corrected chi connectivity index (χ2v) is 9.00. The van der Waals surface area contributed by atoms with Crippen molar-refractivity contribution < 1.29 is 38.2 Å². The average Bonchev–Trinajstić information content (AvgIpc) is 3.02. The fourth-order valence-corrected chi connectivity index (χ4v) is 3.84. The van der Waals surface area contributed by atoms with Crippen LogP contribution in [0.5, 0.6) is 0 Å². The molecular formula is C32H26N4O8. The molecule has 0 aliphatic carbocycles. The van der Waals surface area contributed by atoms with E-state index < -0.39 is 47.2 Å². The highest BCUT2D eigenvalue weighted by molar-refractivity contribution is 6.12. The summed E-state index contributed by atoms with van der Waals surface area (Å²) in [5, 5.41) is 23.7. The summed E-state index contributed by atoms with van der Waals surface area (Å²) in [4.78, 5) is 74.0. The minimum absolute atomic E-state index is 0.0319. The minimum atomic E-state index is -1.59. The lowest BCUT2D eigenvalue weighted by molar-refractivity contribution is -0.145. The van der Waals surface area contributed by atoms with Crippen molar-refractivity contribution in [1.29, 1.82) is 10.5 Å². The highest BCUT2D eigenvalue weighted by Crippen LogP contribution is 2.18. The van der Waals surface area contributed by atoms with Gasteiger partial charge in [-0.05, 0) is 86.6 Å². The van der Waals surface area contributed by atoms with Gasteiger partial charge in [0.05, 0.1) is 25.4 Å². The number of nitrogens with one attached hydrogen (secondary N) is 2. The molecule has 0 saturated carbocycles. The highest BCUT2D eigenvalue weighted by Gasteiger charge is 2.29. The number of esters is 2. The SMILES string of the molecule is CCOC(=O)C(C#N)C(=O)c1ccc(NC(=O)c2ccc(C(=O)Nc3ccc(C(=O)C(C#N)C(=O)OCC)cc3)cc2)cc1. The van der Waals surface area contributed by atoms with Gasteiger partial charge in [0.1, 0.15) is 0 Å². The maximum absolute atomic E-state index is 12.7. The number of hydrogen-bond donors (Lipinski definition) is 2. The molecule has 2 N–H and O–H groups in total. The summed E-state index contributed by atoms with van der Waals surface area (Å²) in [7, 11) is 0. The monoisotopic (exact) mass is 594 g/mol. The Labute approximate surface area is 252 Å². The van der Waals surface area contributed by atoms with Crippen molar-refractivity contribution in [3.8, 4) is 12.1 Å². The maximum atomic E-state index is 12.7. The van der Waals surface area contributed by atoms with Crippen molar-refractivity contribution in [3.63, 3.8) is 0 Å². The number of ketones is 2. The van der Waals surface area contributed by atoms with E-state index >= 15 is 0 Å². The molecule has 3 rings (SSSR count). The molecule has 0 bridgehead atoms. The maximum Gasteiger partial charge on any atom is 0.331 e. The fraction of sp³-hybridized carbons (Fsp3) is 0.188. The summed E-state index contributed by atoms with van der Waals surface area (Å²) < 4.78 is 9.51. The van der Waals surface area contributed by atoms with Crippen LogP contribution in [0.1, 0.15) is 55.3 Å². The molecule has 0 aliphatic heterocycles. The van der Waals surface area contributed by atoms with Crippen LogP contribution in [0.15, 0.2) is 72.8 Å². The quantitative estimate of drug-likeness (QED) is 0.176. The first-order chi connectivity index (χ1) is 21.1. The summed E-state index contributed by atoms with van der Waals surface area (Å²) in [6, 6.07) is 20.3. The van der Waals surface area contributed by atoms with E-state index in [1.807, 2.05) is 0 Å². The summed E-state index contributed by atoms with van der Waals surface area (Å²) in [6.45, 7) is 3.19. The van der Waals surface area contributed by atoms with Gasteiger partial charge in [-0.1, -0.05) is 0 Å². The van der Waals surface area contributed by atoms with E-state index in [1.165, 1.54) is 72.8 Å². The molecule has 0 heterocycles. The number of anilines is 2. The molecule has 0 aliphatic rings. The molecule has 2 atom stereocenters. The molecule has 0 aromatic heterocycles. The summed E-state index contributed by atoms with van der Waals surface area (Å²) in [5.41, 5.74) is 1.38. The van der Waals surface area contributed by atoms with Crippen LogP contribution < -0.4 is 10.6 Å². The molecule has 2 unspecified atom stereocenters. The Balaban J connectivity index is 1.60. The number of hydrogen-bond acceptors (Lipinski definition) is 10. The van der Waals surface area contributed by atoms with E-state index in [2.05, 4.69) is 10.6 Å². The Morgan fingerprint density at radius 1 is 0.568 bits per heavy atom. The van der Waals surface area contributed by atoms with Crippen LogP contribution in [0.4, 0.5) is 11.4 Å². The van der Waals surface area contributed by atoms with Gasteiger partial charge in [-0.15, -0.1) is 0 Å². The minimum Gasteiger partial charge on any atom is -0.465 e. The van der Waals surface area contributed by atoms with Crippen molar-refractivity contribution in [2.24, 2.45) is 11.8 Å². The standard InChI is InChI=1S/C32H26N4O8/c1-3-43-31(41)25(17-33)27(37)19-9-13-23(14-10-19)35-29(39)21-5-7-22(8-6-21)30(40)36-24-15-11-20(12-16-24)28(38)26(18-34)32(42)44-4-2/h5-16,25-26H,3-4H2,1-2H3,(H,35,39)(H,36,40). The van der Waals surface area contributed by atoms with E-state index in [9.17, 15) is 39.3 Å². The van der Waals surface area contributed by atoms with Crippen molar-refractivity contribution >= 4 is 46.7 Å². The van der Waals surface area contributed by atoms with Gasteiger partial charge in [-0.2, -0.15) is 10.5 Å². The van der Waals surface area contributed by atoms with Gasteiger partial charge in [0.15, 0.2) is 11.6 Å². The third kappa shape index (κ3) is 7.99. The van der Waals surface area contributed by atoms with Crippen molar-refractivity contribution in [1.82, 2.24) is 0 Å². The summed E-state index contributed by atoms with van der Waals surface area (Å²) in [6.07, 6.45) is 0. The number of amides is 2. The Morgan fingerprint density at radius 2 is 0.864 bits per heavy atom. The second-order valence-electron chi connectivity index (χ2n) is 9.00. The molecule has 222 valence electrons. The lowest BCUT2D eigenvalue weighted by atomic mass is 9.98. The van der Waals surface area contributed by atoms with Crippen LogP contribution in [0.3, 0.4) is 0 Å².